The van der Waals surface area contributed by atoms with Crippen molar-refractivity contribution in [3.05, 3.63) is 69.8 Å². The third kappa shape index (κ3) is 3.81. The number of aromatic nitrogens is 3. The molecule has 7 nitrogen and oxygen atoms in total. The van der Waals surface area contributed by atoms with E-state index in [2.05, 4.69) is 15.6 Å². The zero-order chi connectivity index (χ0) is 18.6. The van der Waals surface area contributed by atoms with E-state index in [1.165, 1.54) is 4.68 Å². The Hall–Kier alpha value is -3.22. The molecule has 3 aromatic rings. The number of carbonyl (C=O) groups is 1. The van der Waals surface area contributed by atoms with E-state index in [0.29, 0.717) is 12.3 Å². The van der Waals surface area contributed by atoms with Crippen molar-refractivity contribution in [2.75, 3.05) is 6.54 Å². The maximum Gasteiger partial charge on any atom is 0.273 e. The van der Waals surface area contributed by atoms with Crippen LogP contribution in [0, 0.1) is 0 Å². The minimum absolute atomic E-state index is 0.127. The molecule has 1 aliphatic carbocycles. The molecule has 1 aromatic carbocycles. The van der Waals surface area contributed by atoms with Gasteiger partial charge in [0.15, 0.2) is 11.5 Å². The van der Waals surface area contributed by atoms with Crippen LogP contribution in [0.15, 0.2) is 51.8 Å². The van der Waals surface area contributed by atoms with Crippen molar-refractivity contribution >= 4 is 5.91 Å². The maximum atomic E-state index is 12.3. The van der Waals surface area contributed by atoms with E-state index in [1.807, 2.05) is 30.3 Å². The molecule has 7 heteroatoms. The number of nitrogens with one attached hydrogen (secondary N) is 1. The van der Waals surface area contributed by atoms with E-state index in [4.69, 9.17) is 4.52 Å². The van der Waals surface area contributed by atoms with E-state index in [9.17, 15) is 9.59 Å². The highest BCUT2D eigenvalue weighted by atomic mass is 16.5. The first-order valence-electron chi connectivity index (χ1n) is 9.11. The normalized spacial score (nSPS) is 13.2. The van der Waals surface area contributed by atoms with Gasteiger partial charge in [-0.3, -0.25) is 9.59 Å². The summed E-state index contributed by atoms with van der Waals surface area (Å²) >= 11 is 0. The predicted molar refractivity (Wildman–Crippen MR) is 99.4 cm³/mol. The van der Waals surface area contributed by atoms with E-state index < -0.39 is 0 Å². The molecule has 138 valence electrons. The Bertz CT molecular complexity index is 1010. The van der Waals surface area contributed by atoms with E-state index in [-0.39, 0.29) is 23.7 Å². The van der Waals surface area contributed by atoms with Crippen molar-refractivity contribution in [2.45, 2.75) is 32.2 Å². The molecule has 0 saturated carbocycles. The van der Waals surface area contributed by atoms with Crippen molar-refractivity contribution < 1.29 is 9.32 Å². The minimum atomic E-state index is -0.341. The molecule has 1 N–H and O–H groups in total. The van der Waals surface area contributed by atoms with Crippen LogP contribution < -0.4 is 10.9 Å². The fourth-order valence-corrected chi connectivity index (χ4v) is 3.25. The monoisotopic (exact) mass is 364 g/mol. The Morgan fingerprint density at radius 1 is 1.15 bits per heavy atom. The molecule has 0 radical (unpaired) electrons. The number of amides is 1. The van der Waals surface area contributed by atoms with E-state index in [1.54, 1.807) is 12.1 Å². The Morgan fingerprint density at radius 3 is 2.81 bits per heavy atom. The average molecular weight is 364 g/mol. The highest BCUT2D eigenvalue weighted by Crippen LogP contribution is 2.19. The summed E-state index contributed by atoms with van der Waals surface area (Å²) in [5.74, 6) is 0.195. The minimum Gasteiger partial charge on any atom is -0.355 e. The van der Waals surface area contributed by atoms with Crippen molar-refractivity contribution in [3.8, 4) is 11.3 Å². The lowest BCUT2D eigenvalue weighted by atomic mass is 9.97. The lowest BCUT2D eigenvalue weighted by molar-refractivity contribution is 0.0942. The van der Waals surface area contributed by atoms with Gasteiger partial charge in [0.2, 0.25) is 0 Å². The second-order valence-electron chi connectivity index (χ2n) is 6.58. The number of hydrogen-bond donors (Lipinski definition) is 1. The van der Waals surface area contributed by atoms with Gasteiger partial charge in [0.1, 0.15) is 0 Å². The summed E-state index contributed by atoms with van der Waals surface area (Å²) in [6.45, 7) is 0.610. The molecule has 0 aliphatic heterocycles. The Morgan fingerprint density at radius 2 is 1.96 bits per heavy atom. The predicted octanol–water partition coefficient (Wildman–Crippen LogP) is 2.21. The van der Waals surface area contributed by atoms with Gasteiger partial charge >= 0.3 is 0 Å². The summed E-state index contributed by atoms with van der Waals surface area (Å²) in [7, 11) is 0. The van der Waals surface area contributed by atoms with Crippen LogP contribution in [0.5, 0.6) is 0 Å². The van der Waals surface area contributed by atoms with Gasteiger partial charge < -0.3 is 9.84 Å². The maximum absolute atomic E-state index is 12.3. The van der Waals surface area contributed by atoms with Crippen molar-refractivity contribution in [1.82, 2.24) is 20.3 Å². The first-order valence-corrected chi connectivity index (χ1v) is 9.11. The van der Waals surface area contributed by atoms with Gasteiger partial charge in [-0.2, -0.15) is 5.10 Å². The van der Waals surface area contributed by atoms with Crippen LogP contribution >= 0.6 is 0 Å². The zero-order valence-electron chi connectivity index (χ0n) is 14.9. The molecule has 0 bridgehead atoms. The number of carbonyl (C=O) groups excluding carboxylic acids is 1. The molecule has 4 rings (SSSR count). The number of rotatable bonds is 5. The first-order chi connectivity index (χ1) is 13.2. The molecule has 2 aromatic heterocycles. The molecule has 0 saturated heterocycles. The molecular formula is C20H20N4O3. The van der Waals surface area contributed by atoms with Gasteiger partial charge in [0.25, 0.3) is 11.5 Å². The summed E-state index contributed by atoms with van der Waals surface area (Å²) in [5, 5.41) is 11.0. The van der Waals surface area contributed by atoms with Crippen molar-refractivity contribution in [1.29, 1.82) is 0 Å². The number of nitrogens with zero attached hydrogens (tertiary/aromatic N) is 3. The Balaban J connectivity index is 1.38. The Kier molecular flexibility index (Phi) is 4.82. The molecule has 27 heavy (non-hydrogen) atoms. The van der Waals surface area contributed by atoms with Gasteiger partial charge in [-0.05, 0) is 31.2 Å². The van der Waals surface area contributed by atoms with E-state index in [0.717, 1.165) is 42.5 Å². The fourth-order valence-electron chi connectivity index (χ4n) is 3.25. The molecule has 1 amide bonds. The van der Waals surface area contributed by atoms with Crippen LogP contribution in [0.3, 0.4) is 0 Å². The Labute approximate surface area is 156 Å². The largest absolute Gasteiger partial charge is 0.355 e. The van der Waals surface area contributed by atoms with Crippen molar-refractivity contribution in [3.63, 3.8) is 0 Å². The van der Waals surface area contributed by atoms with Gasteiger partial charge in [-0.25, -0.2) is 4.68 Å². The van der Waals surface area contributed by atoms with Crippen LogP contribution in [0.2, 0.25) is 0 Å². The average Bonchev–Trinajstić information content (AvgIpc) is 3.19. The number of aryl methyl sites for hydroxylation is 2. The smallest absolute Gasteiger partial charge is 0.273 e. The third-order valence-corrected chi connectivity index (χ3v) is 4.68. The number of hydrogen-bond acceptors (Lipinski definition) is 5. The summed E-state index contributed by atoms with van der Waals surface area (Å²) in [5.41, 5.74) is 2.99. The van der Waals surface area contributed by atoms with Crippen LogP contribution in [-0.2, 0) is 19.4 Å². The molecule has 2 heterocycles. The van der Waals surface area contributed by atoms with Gasteiger partial charge in [0, 0.05) is 24.2 Å². The summed E-state index contributed by atoms with van der Waals surface area (Å²) < 4.78 is 6.66. The standard InChI is InChI=1S/C20H20N4O3/c25-19-12-15-8-4-5-9-16(15)22-24(19)11-10-21-20(26)17-13-18(27-23-17)14-6-2-1-3-7-14/h1-3,6-7,12-13H,4-5,8-11H2,(H,21,26). The topological polar surface area (TPSA) is 90.0 Å². The van der Waals surface area contributed by atoms with Crippen LogP contribution in [0.1, 0.15) is 34.6 Å². The second-order valence-corrected chi connectivity index (χ2v) is 6.58. The summed E-state index contributed by atoms with van der Waals surface area (Å²) in [6, 6.07) is 12.7. The molecule has 0 spiro atoms. The van der Waals surface area contributed by atoms with Crippen LogP contribution in [-0.4, -0.2) is 27.4 Å². The molecule has 0 fully saturated rings. The lowest BCUT2D eigenvalue weighted by Gasteiger charge is -2.15. The van der Waals surface area contributed by atoms with Crippen LogP contribution in [0.25, 0.3) is 11.3 Å². The highest BCUT2D eigenvalue weighted by molar-refractivity contribution is 5.93. The van der Waals surface area contributed by atoms with Gasteiger partial charge in [-0.15, -0.1) is 0 Å². The van der Waals surface area contributed by atoms with Crippen LogP contribution in [0.4, 0.5) is 0 Å². The van der Waals surface area contributed by atoms with Gasteiger partial charge in [0.05, 0.1) is 12.2 Å². The first kappa shape index (κ1) is 17.2. The number of fused-ring (bicyclic) bond motifs is 1. The molecule has 1 aliphatic rings. The number of benzene rings is 1. The lowest BCUT2D eigenvalue weighted by Crippen LogP contribution is -2.33. The zero-order valence-corrected chi connectivity index (χ0v) is 14.9. The molecular weight excluding hydrogens is 344 g/mol. The fraction of sp³-hybridized carbons (Fsp3) is 0.300. The van der Waals surface area contributed by atoms with E-state index >= 15 is 0 Å². The summed E-state index contributed by atoms with van der Waals surface area (Å²) in [4.78, 5) is 24.4. The molecule has 0 unspecified atom stereocenters. The van der Waals surface area contributed by atoms with Crippen molar-refractivity contribution in [2.24, 2.45) is 0 Å². The second kappa shape index (κ2) is 7.57. The molecule has 0 atom stereocenters. The van der Waals surface area contributed by atoms with Gasteiger partial charge in [-0.1, -0.05) is 35.5 Å². The SMILES string of the molecule is O=C(NCCn1nc2c(cc1=O)CCCC2)c1cc(-c2ccccc2)on1. The quantitative estimate of drug-likeness (QED) is 0.750. The third-order valence-electron chi connectivity index (χ3n) is 4.68. The summed E-state index contributed by atoms with van der Waals surface area (Å²) in [6.07, 6.45) is 4.04. The highest BCUT2D eigenvalue weighted by Gasteiger charge is 2.15.